The maximum Gasteiger partial charge on any atom is 0.397 e. The van der Waals surface area contributed by atoms with E-state index < -0.39 is 34.1 Å². The second kappa shape index (κ2) is 8.21. The third kappa shape index (κ3) is 6.38. The van der Waals surface area contributed by atoms with Crippen LogP contribution in [0, 0.1) is 0 Å². The van der Waals surface area contributed by atoms with Crippen LogP contribution in [-0.4, -0.2) is 60.2 Å². The molecule has 0 aromatic carbocycles. The molecule has 1 amide bonds. The van der Waals surface area contributed by atoms with Gasteiger partial charge in [-0.3, -0.25) is 14.0 Å². The average molecular weight is 402 g/mol. The van der Waals surface area contributed by atoms with Crippen molar-refractivity contribution in [2.45, 2.75) is 51.9 Å². The van der Waals surface area contributed by atoms with Crippen molar-refractivity contribution in [3.05, 3.63) is 0 Å². The fourth-order valence-electron chi connectivity index (χ4n) is 1.39. The normalized spacial score (nSPS) is 16.4. The molecule has 0 saturated heterocycles. The van der Waals surface area contributed by atoms with E-state index in [0.717, 1.165) is 31.7 Å². The third-order valence-electron chi connectivity index (χ3n) is 2.97. The Labute approximate surface area is 148 Å². The molecule has 0 radical (unpaired) electrons. The first-order chi connectivity index (χ1) is 10.6. The van der Waals surface area contributed by atoms with Crippen LogP contribution in [0.5, 0.6) is 0 Å². The van der Waals surface area contributed by atoms with Crippen molar-refractivity contribution < 1.29 is 27.3 Å². The van der Waals surface area contributed by atoms with Gasteiger partial charge in [0.15, 0.2) is 0 Å². The maximum absolute atomic E-state index is 13.3. The predicted molar refractivity (Wildman–Crippen MR) is 96.2 cm³/mol. The standard InChI is InChI=1S/C13H27N2O6PS2/c1-9-10(2)23-22(18,15(7)24(8,19)20)14(6)11(16)12(17)21-13(3,4)5/h10H,9H2,1-8H3. The molecule has 0 fully saturated rings. The monoisotopic (exact) mass is 402 g/mol. The van der Waals surface area contributed by atoms with Gasteiger partial charge in [-0.25, -0.2) is 13.2 Å². The van der Waals surface area contributed by atoms with Crippen molar-refractivity contribution >= 4 is 39.9 Å². The highest BCUT2D eigenvalue weighted by atomic mass is 32.7. The summed E-state index contributed by atoms with van der Waals surface area (Å²) in [6, 6.07) is 0. The molecule has 0 saturated carbocycles. The fourth-order valence-corrected chi connectivity index (χ4v) is 9.14. The minimum absolute atomic E-state index is 0.186. The molecule has 2 atom stereocenters. The van der Waals surface area contributed by atoms with Crippen LogP contribution in [0.15, 0.2) is 0 Å². The Bertz CT molecular complexity index is 629. The molecule has 11 heteroatoms. The molecule has 24 heavy (non-hydrogen) atoms. The van der Waals surface area contributed by atoms with Crippen LogP contribution in [0.25, 0.3) is 0 Å². The zero-order valence-electron chi connectivity index (χ0n) is 15.4. The molecule has 0 aliphatic rings. The first-order valence-electron chi connectivity index (χ1n) is 7.30. The SMILES string of the molecule is CCC(C)SP(=O)(N(C)C(=O)C(=O)OC(C)(C)C)N(C)S(C)(=O)=O. The van der Waals surface area contributed by atoms with Gasteiger partial charge in [-0.2, -0.15) is 0 Å². The van der Waals surface area contributed by atoms with Crippen molar-refractivity contribution in [1.82, 2.24) is 8.75 Å². The number of hydrogen-bond donors (Lipinski definition) is 0. The van der Waals surface area contributed by atoms with Crippen molar-refractivity contribution in [3.63, 3.8) is 0 Å². The van der Waals surface area contributed by atoms with E-state index in [1.54, 1.807) is 27.7 Å². The molecule has 0 aliphatic carbocycles. The van der Waals surface area contributed by atoms with Crippen molar-refractivity contribution in [3.8, 4) is 0 Å². The van der Waals surface area contributed by atoms with Gasteiger partial charge in [0, 0.05) is 19.3 Å². The summed E-state index contributed by atoms with van der Waals surface area (Å²) in [4.78, 5) is 24.3. The van der Waals surface area contributed by atoms with E-state index in [1.165, 1.54) is 0 Å². The van der Waals surface area contributed by atoms with Crippen LogP contribution < -0.4 is 0 Å². The van der Waals surface area contributed by atoms with Crippen LogP contribution in [0.4, 0.5) is 0 Å². The number of carbonyl (C=O) groups is 2. The van der Waals surface area contributed by atoms with E-state index in [2.05, 4.69) is 0 Å². The Morgan fingerprint density at radius 3 is 2.04 bits per heavy atom. The number of nitrogens with zero attached hydrogens (tertiary/aromatic N) is 2. The highest BCUT2D eigenvalue weighted by molar-refractivity contribution is 8.58. The van der Waals surface area contributed by atoms with Crippen LogP contribution in [0.1, 0.15) is 41.0 Å². The number of amides is 1. The van der Waals surface area contributed by atoms with E-state index >= 15 is 0 Å². The van der Waals surface area contributed by atoms with E-state index in [1.807, 2.05) is 6.92 Å². The quantitative estimate of drug-likeness (QED) is 0.382. The van der Waals surface area contributed by atoms with Gasteiger partial charge in [0.05, 0.1) is 6.26 Å². The lowest BCUT2D eigenvalue weighted by Crippen LogP contribution is -2.40. The van der Waals surface area contributed by atoms with E-state index in [4.69, 9.17) is 4.74 Å². The number of rotatable bonds is 6. The largest absolute Gasteiger partial charge is 0.453 e. The van der Waals surface area contributed by atoms with Gasteiger partial charge in [0.2, 0.25) is 10.0 Å². The number of carbonyl (C=O) groups excluding carboxylic acids is 2. The summed E-state index contributed by atoms with van der Waals surface area (Å²) in [6.07, 6.45) is 1.50. The van der Waals surface area contributed by atoms with Crippen LogP contribution in [0.3, 0.4) is 0 Å². The number of hydrogen-bond acceptors (Lipinski definition) is 7. The molecule has 0 N–H and O–H groups in total. The molecule has 0 heterocycles. The summed E-state index contributed by atoms with van der Waals surface area (Å²) in [5.74, 6) is -2.34. The van der Waals surface area contributed by atoms with E-state index in [0.29, 0.717) is 15.2 Å². The smallest absolute Gasteiger partial charge is 0.397 e. The molecular formula is C13H27N2O6PS2. The Morgan fingerprint density at radius 1 is 1.25 bits per heavy atom. The Hall–Kier alpha value is -0.570. The molecule has 0 spiro atoms. The molecule has 0 rings (SSSR count). The number of sulfonamides is 1. The summed E-state index contributed by atoms with van der Waals surface area (Å²) < 4.78 is 43.4. The summed E-state index contributed by atoms with van der Waals surface area (Å²) in [6.45, 7) is 4.46. The Balaban J connectivity index is 5.78. The van der Waals surface area contributed by atoms with E-state index in [-0.39, 0.29) is 5.25 Å². The minimum atomic E-state index is -3.93. The van der Waals surface area contributed by atoms with Crippen LogP contribution >= 0.6 is 18.0 Å². The molecule has 8 nitrogen and oxygen atoms in total. The van der Waals surface area contributed by atoms with Gasteiger partial charge in [-0.05, 0) is 27.2 Å². The summed E-state index contributed by atoms with van der Waals surface area (Å²) in [7, 11) is -1.58. The second-order valence-electron chi connectivity index (χ2n) is 6.34. The van der Waals surface area contributed by atoms with Crippen molar-refractivity contribution in [1.29, 1.82) is 0 Å². The highest BCUT2D eigenvalue weighted by Crippen LogP contribution is 2.65. The average Bonchev–Trinajstić information content (AvgIpc) is 2.41. The highest BCUT2D eigenvalue weighted by Gasteiger charge is 2.45. The van der Waals surface area contributed by atoms with Gasteiger partial charge < -0.3 is 4.74 Å². The van der Waals surface area contributed by atoms with Crippen LogP contribution in [-0.2, 0) is 28.9 Å². The Kier molecular flexibility index (Phi) is 8.01. The zero-order valence-corrected chi connectivity index (χ0v) is 17.9. The summed E-state index contributed by atoms with van der Waals surface area (Å²) >= 11 is 0.853. The Morgan fingerprint density at radius 2 is 1.71 bits per heavy atom. The topological polar surface area (TPSA) is 101 Å². The zero-order chi connectivity index (χ0) is 19.5. The molecule has 0 aromatic heterocycles. The van der Waals surface area contributed by atoms with E-state index in [9.17, 15) is 22.6 Å². The van der Waals surface area contributed by atoms with Gasteiger partial charge >= 0.3 is 18.5 Å². The molecular weight excluding hydrogens is 375 g/mol. The first-order valence-corrected chi connectivity index (χ1v) is 12.2. The lowest BCUT2D eigenvalue weighted by Gasteiger charge is -2.34. The van der Waals surface area contributed by atoms with Crippen LogP contribution in [0.2, 0.25) is 0 Å². The lowest BCUT2D eigenvalue weighted by atomic mass is 10.2. The number of ether oxygens (including phenoxy) is 1. The number of esters is 1. The maximum atomic E-state index is 13.3. The molecule has 142 valence electrons. The van der Waals surface area contributed by atoms with Crippen molar-refractivity contribution in [2.24, 2.45) is 0 Å². The van der Waals surface area contributed by atoms with Gasteiger partial charge in [0.25, 0.3) is 0 Å². The molecule has 0 bridgehead atoms. The first kappa shape index (κ1) is 23.4. The lowest BCUT2D eigenvalue weighted by molar-refractivity contribution is -0.165. The number of likely N-dealkylation sites (N-methyl/N-ethyl adjacent to an activating group) is 1. The van der Waals surface area contributed by atoms with Gasteiger partial charge in [-0.1, -0.05) is 25.2 Å². The molecule has 0 aromatic rings. The predicted octanol–water partition coefficient (Wildman–Crippen LogP) is 2.32. The second-order valence-corrected chi connectivity index (χ2v) is 13.9. The summed E-state index contributed by atoms with van der Waals surface area (Å²) in [5, 5.41) is -0.186. The molecule has 2 unspecified atom stereocenters. The third-order valence-corrected chi connectivity index (χ3v) is 11.8. The van der Waals surface area contributed by atoms with Crippen molar-refractivity contribution in [2.75, 3.05) is 20.4 Å². The molecule has 0 aliphatic heterocycles. The van der Waals surface area contributed by atoms with Gasteiger partial charge in [0.1, 0.15) is 5.60 Å². The van der Waals surface area contributed by atoms with Gasteiger partial charge in [-0.15, -0.1) is 4.08 Å². The summed E-state index contributed by atoms with van der Waals surface area (Å²) in [5.41, 5.74) is -0.899. The minimum Gasteiger partial charge on any atom is -0.453 e. The fraction of sp³-hybridized carbons (Fsp3) is 0.846.